The van der Waals surface area contributed by atoms with E-state index in [1.54, 1.807) is 27.7 Å². The highest BCUT2D eigenvalue weighted by atomic mass is 16.7. The highest BCUT2D eigenvalue weighted by molar-refractivity contribution is 5.95. The molecule has 2 saturated heterocycles. The molecule has 0 amide bonds. The van der Waals surface area contributed by atoms with Crippen LogP contribution in [0.4, 0.5) is 0 Å². The van der Waals surface area contributed by atoms with E-state index < -0.39 is 143 Å². The van der Waals surface area contributed by atoms with Crippen molar-refractivity contribution in [3.05, 3.63) is 11.6 Å². The standard InChI is InChI=1S/C42H66O17/c1-37(2,59-36-32(53)30(51)28(49)23(17-44)58-36)12-11-25(46)42(8,55)33-20(45)14-39(5)24-10-9-18-19(41(24,7)26(47)15-40(33,39)6)13-21(34(54)38(18,3)4)56-35-31(52)29(50)27(48)22(16-43)57-35/h9,19-24,27-33,35-36,43-45,48-53,55H,10-17H2,1-8H3/t19-,20-,21+,22+,23+,24+,27+,28+,29-,30-,31+,32+,33?,35+,36-,39-,40+,41+,42-/m0/s1. The van der Waals surface area contributed by atoms with Crippen LogP contribution in [0.15, 0.2) is 11.6 Å². The number of ether oxygens (including phenoxy) is 4. The lowest BCUT2D eigenvalue weighted by Gasteiger charge is -2.64. The molecule has 6 aliphatic rings. The zero-order valence-corrected chi connectivity index (χ0v) is 35.2. The van der Waals surface area contributed by atoms with Crippen LogP contribution >= 0.6 is 0 Å². The predicted molar refractivity (Wildman–Crippen MR) is 204 cm³/mol. The maximum Gasteiger partial charge on any atom is 0.187 e. The Kier molecular flexibility index (Phi) is 12.5. The summed E-state index contributed by atoms with van der Waals surface area (Å²) >= 11 is 0. The first-order valence-corrected chi connectivity index (χ1v) is 20.8. The first-order valence-electron chi connectivity index (χ1n) is 20.8. The zero-order valence-electron chi connectivity index (χ0n) is 35.2. The van der Waals surface area contributed by atoms with Gasteiger partial charge < -0.3 is 70.0 Å². The van der Waals surface area contributed by atoms with Gasteiger partial charge in [-0.3, -0.25) is 14.4 Å². The van der Waals surface area contributed by atoms with E-state index in [4.69, 9.17) is 18.9 Å². The minimum Gasteiger partial charge on any atom is -0.394 e. The first-order chi connectivity index (χ1) is 27.1. The van der Waals surface area contributed by atoms with Crippen molar-refractivity contribution in [2.75, 3.05) is 13.2 Å². The van der Waals surface area contributed by atoms with E-state index >= 15 is 0 Å². The van der Waals surface area contributed by atoms with Gasteiger partial charge in [0.25, 0.3) is 0 Å². The van der Waals surface area contributed by atoms with Gasteiger partial charge >= 0.3 is 0 Å². The van der Waals surface area contributed by atoms with E-state index in [1.807, 2.05) is 26.8 Å². The second-order valence-corrected chi connectivity index (χ2v) is 20.2. The maximum atomic E-state index is 15.0. The van der Waals surface area contributed by atoms with Crippen LogP contribution in [-0.4, -0.2) is 166 Å². The molecule has 4 aliphatic carbocycles. The molecule has 6 rings (SSSR count). The number of carbonyl (C=O) groups excluding carboxylic acids is 3. The third kappa shape index (κ3) is 7.22. The van der Waals surface area contributed by atoms with Gasteiger partial charge in [0.2, 0.25) is 0 Å². The van der Waals surface area contributed by atoms with Gasteiger partial charge in [0.15, 0.2) is 24.1 Å². The van der Waals surface area contributed by atoms with Crippen LogP contribution in [0, 0.1) is 39.4 Å². The molecule has 2 heterocycles. The van der Waals surface area contributed by atoms with Crippen LogP contribution in [0.3, 0.4) is 0 Å². The van der Waals surface area contributed by atoms with Crippen LogP contribution in [0.25, 0.3) is 0 Å². The van der Waals surface area contributed by atoms with Crippen molar-refractivity contribution >= 4 is 17.3 Å². The van der Waals surface area contributed by atoms with Crippen molar-refractivity contribution in [2.45, 2.75) is 179 Å². The molecule has 2 aliphatic heterocycles. The fourth-order valence-corrected chi connectivity index (χ4v) is 12.2. The Bertz CT molecular complexity index is 1660. The molecule has 0 aromatic carbocycles. The number of allylic oxidation sites excluding steroid dienone is 2. The molecule has 3 saturated carbocycles. The Morgan fingerprint density at radius 3 is 1.92 bits per heavy atom. The van der Waals surface area contributed by atoms with Gasteiger partial charge in [0, 0.05) is 29.6 Å². The fraction of sp³-hybridized carbons (Fsp3) is 0.881. The Morgan fingerprint density at radius 1 is 0.814 bits per heavy atom. The van der Waals surface area contributed by atoms with Crippen molar-refractivity contribution in [2.24, 2.45) is 39.4 Å². The zero-order chi connectivity index (χ0) is 44.2. The molecule has 0 aromatic rings. The van der Waals surface area contributed by atoms with E-state index in [0.717, 1.165) is 5.57 Å². The van der Waals surface area contributed by atoms with Crippen LogP contribution in [0.2, 0.25) is 0 Å². The minimum atomic E-state index is -2.11. The average molecular weight is 843 g/mol. The van der Waals surface area contributed by atoms with Crippen LogP contribution < -0.4 is 0 Å². The molecule has 10 N–H and O–H groups in total. The molecule has 0 bridgehead atoms. The second kappa shape index (κ2) is 15.8. The summed E-state index contributed by atoms with van der Waals surface area (Å²) in [4.78, 5) is 43.1. The summed E-state index contributed by atoms with van der Waals surface area (Å²) in [6.07, 6.45) is -15.6. The summed E-state index contributed by atoms with van der Waals surface area (Å²) in [6.45, 7) is 12.5. The lowest BCUT2D eigenvalue weighted by atomic mass is 9.38. The van der Waals surface area contributed by atoms with E-state index in [-0.39, 0.29) is 43.7 Å². The number of ketones is 3. The predicted octanol–water partition coefficient (Wildman–Crippen LogP) is -1.20. The number of hydrogen-bond acceptors (Lipinski definition) is 17. The average Bonchev–Trinajstić information content (AvgIpc) is 3.37. The normalized spacial score (nSPS) is 48.4. The fourth-order valence-electron chi connectivity index (χ4n) is 12.2. The molecule has 0 aromatic heterocycles. The van der Waals surface area contributed by atoms with Crippen LogP contribution in [0.1, 0.15) is 93.9 Å². The number of carbonyl (C=O) groups is 3. The molecule has 59 heavy (non-hydrogen) atoms. The van der Waals surface area contributed by atoms with E-state index in [0.29, 0.717) is 6.42 Å². The molecular weight excluding hydrogens is 776 g/mol. The summed E-state index contributed by atoms with van der Waals surface area (Å²) < 4.78 is 23.1. The second-order valence-electron chi connectivity index (χ2n) is 20.2. The number of aliphatic hydroxyl groups excluding tert-OH is 9. The topological polar surface area (TPSA) is 290 Å². The summed E-state index contributed by atoms with van der Waals surface area (Å²) in [5.41, 5.74) is -6.63. The highest BCUT2D eigenvalue weighted by Crippen LogP contribution is 2.74. The molecule has 0 spiro atoms. The number of Topliss-reactive ketones (excluding diaryl/α,β-unsaturated/α-hetero) is 3. The third-order valence-corrected chi connectivity index (χ3v) is 15.9. The molecule has 17 heteroatoms. The maximum absolute atomic E-state index is 15.0. The quantitative estimate of drug-likeness (QED) is 0.109. The highest BCUT2D eigenvalue weighted by Gasteiger charge is 2.75. The van der Waals surface area contributed by atoms with Gasteiger partial charge in [-0.25, -0.2) is 0 Å². The van der Waals surface area contributed by atoms with Crippen molar-refractivity contribution in [3.63, 3.8) is 0 Å². The third-order valence-electron chi connectivity index (χ3n) is 15.9. The SMILES string of the molecule is CC(C)(CCC(=O)[C@](C)(O)C1[C@@H](O)C[C@@]2(C)[C@H]3CC=C4[C@H](C[C@@H](O[C@@H]5O[C@H](CO)[C@@H](O)[C@H](O)[C@H]5O)C(=O)C4(C)C)[C@@]3(C)C(=O)C[C@]12C)O[C@@H]1O[C@H](CO)[C@@H](O)[C@H](O)[C@H]1O. The lowest BCUT2D eigenvalue weighted by molar-refractivity contribution is -0.323. The molecular formula is C42H66O17. The van der Waals surface area contributed by atoms with Gasteiger partial charge in [-0.05, 0) is 83.0 Å². The number of aliphatic hydroxyl groups is 10. The van der Waals surface area contributed by atoms with Crippen molar-refractivity contribution in [1.29, 1.82) is 0 Å². The van der Waals surface area contributed by atoms with Crippen molar-refractivity contribution in [1.82, 2.24) is 0 Å². The monoisotopic (exact) mass is 842 g/mol. The molecule has 19 atom stereocenters. The van der Waals surface area contributed by atoms with E-state index in [9.17, 15) is 65.4 Å². The van der Waals surface area contributed by atoms with E-state index in [2.05, 4.69) is 0 Å². The molecule has 336 valence electrons. The van der Waals surface area contributed by atoms with Gasteiger partial charge in [-0.2, -0.15) is 0 Å². The minimum absolute atomic E-state index is 0.00352. The first kappa shape index (κ1) is 46.7. The molecule has 17 nitrogen and oxygen atoms in total. The molecule has 5 fully saturated rings. The number of hydrogen-bond donors (Lipinski definition) is 10. The largest absolute Gasteiger partial charge is 0.394 e. The van der Waals surface area contributed by atoms with Gasteiger partial charge in [0.05, 0.1) is 24.9 Å². The summed E-state index contributed by atoms with van der Waals surface area (Å²) in [5, 5.41) is 106. The van der Waals surface area contributed by atoms with Gasteiger partial charge in [-0.15, -0.1) is 0 Å². The molecule has 0 radical (unpaired) electrons. The number of fused-ring (bicyclic) bond motifs is 5. The van der Waals surface area contributed by atoms with Crippen molar-refractivity contribution < 1.29 is 84.4 Å². The Balaban J connectivity index is 1.23. The lowest BCUT2D eigenvalue weighted by Crippen LogP contribution is -2.66. The Morgan fingerprint density at radius 2 is 1.36 bits per heavy atom. The van der Waals surface area contributed by atoms with Gasteiger partial charge in [0.1, 0.15) is 66.3 Å². The smallest absolute Gasteiger partial charge is 0.187 e. The summed E-state index contributed by atoms with van der Waals surface area (Å²) in [5.74, 6) is -3.11. The Labute approximate surface area is 344 Å². The van der Waals surface area contributed by atoms with Crippen molar-refractivity contribution in [3.8, 4) is 0 Å². The van der Waals surface area contributed by atoms with E-state index in [1.165, 1.54) is 6.92 Å². The Hall–Kier alpha value is -1.81. The van der Waals surface area contributed by atoms with Gasteiger partial charge in [-0.1, -0.05) is 32.4 Å². The summed E-state index contributed by atoms with van der Waals surface area (Å²) in [6, 6.07) is 0. The van der Waals surface area contributed by atoms with Crippen LogP contribution in [0.5, 0.6) is 0 Å². The molecule has 1 unspecified atom stereocenters. The summed E-state index contributed by atoms with van der Waals surface area (Å²) in [7, 11) is 0. The van der Waals surface area contributed by atoms with Crippen LogP contribution in [-0.2, 0) is 33.3 Å². The number of rotatable bonds is 11.